The smallest absolute Gasteiger partial charge is 0.109 e. The quantitative estimate of drug-likeness (QED) is 0.844. The highest BCUT2D eigenvalue weighted by atomic mass is 32.1. The van der Waals surface area contributed by atoms with Crippen molar-refractivity contribution in [1.29, 1.82) is 0 Å². The molecule has 1 atom stereocenters. The van der Waals surface area contributed by atoms with E-state index in [1.54, 1.807) is 11.3 Å². The molecule has 0 bridgehead atoms. The first-order chi connectivity index (χ1) is 9.31. The maximum absolute atomic E-state index is 5.65. The number of nitrogens with zero attached hydrogens (tertiary/aromatic N) is 2. The van der Waals surface area contributed by atoms with E-state index in [9.17, 15) is 0 Å². The summed E-state index contributed by atoms with van der Waals surface area (Å²) in [6, 6.07) is 10.9. The number of nitrogens with two attached hydrogens (primary N) is 1. The van der Waals surface area contributed by atoms with Crippen molar-refractivity contribution < 1.29 is 0 Å². The molecular weight excluding hydrogens is 254 g/mol. The fraction of sp³-hybridized carbons (Fsp3) is 0.400. The zero-order chi connectivity index (χ0) is 13.5. The molecule has 0 aliphatic heterocycles. The summed E-state index contributed by atoms with van der Waals surface area (Å²) in [5.41, 5.74) is 6.99. The van der Waals surface area contributed by atoms with Gasteiger partial charge in [-0.15, -0.1) is 11.3 Å². The third kappa shape index (κ3) is 4.13. The van der Waals surface area contributed by atoms with Crippen molar-refractivity contribution in [1.82, 2.24) is 9.88 Å². The first kappa shape index (κ1) is 14.2. The van der Waals surface area contributed by atoms with E-state index in [2.05, 4.69) is 47.1 Å². The zero-order valence-electron chi connectivity index (χ0n) is 11.3. The molecule has 2 aromatic rings. The van der Waals surface area contributed by atoms with E-state index in [1.807, 2.05) is 11.6 Å². The van der Waals surface area contributed by atoms with Gasteiger partial charge in [0.05, 0.1) is 6.04 Å². The minimum atomic E-state index is 0.340. The van der Waals surface area contributed by atoms with E-state index in [0.717, 1.165) is 26.1 Å². The van der Waals surface area contributed by atoms with Crippen LogP contribution in [0.1, 0.15) is 30.0 Å². The van der Waals surface area contributed by atoms with Crippen LogP contribution in [-0.2, 0) is 6.54 Å². The summed E-state index contributed by atoms with van der Waals surface area (Å²) in [6.07, 6.45) is 2.89. The van der Waals surface area contributed by atoms with E-state index < -0.39 is 0 Å². The fourth-order valence-electron chi connectivity index (χ4n) is 2.12. The molecule has 0 aliphatic rings. The highest BCUT2D eigenvalue weighted by Crippen LogP contribution is 2.24. The van der Waals surface area contributed by atoms with Gasteiger partial charge < -0.3 is 5.73 Å². The maximum Gasteiger partial charge on any atom is 0.109 e. The summed E-state index contributed by atoms with van der Waals surface area (Å²) in [4.78, 5) is 6.88. The standard InChI is InChI=1S/C15H21N3S/c1-13(15-17-9-11-19-15)18(10-5-8-16)12-14-6-3-2-4-7-14/h2-4,6-7,9,11,13H,5,8,10,12,16H2,1H3. The normalized spacial score (nSPS) is 12.8. The van der Waals surface area contributed by atoms with Crippen LogP contribution < -0.4 is 5.73 Å². The molecule has 1 aromatic heterocycles. The predicted molar refractivity (Wildman–Crippen MR) is 81.1 cm³/mol. The second-order valence-corrected chi connectivity index (χ2v) is 5.57. The molecule has 1 aromatic carbocycles. The Bertz CT molecular complexity index is 456. The van der Waals surface area contributed by atoms with E-state index in [0.29, 0.717) is 6.04 Å². The van der Waals surface area contributed by atoms with Crippen LogP contribution in [0, 0.1) is 0 Å². The number of benzene rings is 1. The van der Waals surface area contributed by atoms with Crippen LogP contribution in [0.25, 0.3) is 0 Å². The minimum Gasteiger partial charge on any atom is -0.330 e. The van der Waals surface area contributed by atoms with Crippen LogP contribution in [0.5, 0.6) is 0 Å². The number of thiazole rings is 1. The molecule has 0 saturated carbocycles. The summed E-state index contributed by atoms with van der Waals surface area (Å²) in [6.45, 7) is 4.90. The molecule has 0 fully saturated rings. The molecule has 4 heteroatoms. The molecule has 0 amide bonds. The molecule has 0 saturated heterocycles. The van der Waals surface area contributed by atoms with Gasteiger partial charge in [-0.05, 0) is 25.5 Å². The zero-order valence-corrected chi connectivity index (χ0v) is 12.1. The predicted octanol–water partition coefficient (Wildman–Crippen LogP) is 3.06. The first-order valence-electron chi connectivity index (χ1n) is 6.68. The lowest BCUT2D eigenvalue weighted by Gasteiger charge is -2.27. The Morgan fingerprint density at radius 2 is 2.11 bits per heavy atom. The topological polar surface area (TPSA) is 42.2 Å². The Morgan fingerprint density at radius 1 is 1.32 bits per heavy atom. The molecule has 2 rings (SSSR count). The summed E-state index contributed by atoms with van der Waals surface area (Å²) in [5.74, 6) is 0. The maximum atomic E-state index is 5.65. The average Bonchev–Trinajstić information content (AvgIpc) is 2.98. The average molecular weight is 275 g/mol. The van der Waals surface area contributed by atoms with Crippen LogP contribution >= 0.6 is 11.3 Å². The second-order valence-electron chi connectivity index (χ2n) is 4.64. The molecule has 19 heavy (non-hydrogen) atoms. The molecule has 0 aliphatic carbocycles. The Labute approximate surface area is 119 Å². The third-order valence-corrected chi connectivity index (χ3v) is 4.18. The van der Waals surface area contributed by atoms with Gasteiger partial charge in [-0.1, -0.05) is 30.3 Å². The van der Waals surface area contributed by atoms with Crippen molar-refractivity contribution >= 4 is 11.3 Å². The summed E-state index contributed by atoms with van der Waals surface area (Å²) in [5, 5.41) is 3.21. The molecule has 0 spiro atoms. The second kappa shape index (κ2) is 7.38. The van der Waals surface area contributed by atoms with Crippen molar-refractivity contribution in [2.24, 2.45) is 5.73 Å². The first-order valence-corrected chi connectivity index (χ1v) is 7.56. The van der Waals surface area contributed by atoms with Crippen molar-refractivity contribution in [2.75, 3.05) is 13.1 Å². The van der Waals surface area contributed by atoms with E-state index in [-0.39, 0.29) is 0 Å². The van der Waals surface area contributed by atoms with Gasteiger partial charge in [0, 0.05) is 24.7 Å². The lowest BCUT2D eigenvalue weighted by atomic mass is 10.1. The van der Waals surface area contributed by atoms with Crippen LogP contribution in [0.4, 0.5) is 0 Å². The molecular formula is C15H21N3S. The number of aromatic nitrogens is 1. The molecule has 3 nitrogen and oxygen atoms in total. The van der Waals surface area contributed by atoms with Crippen molar-refractivity contribution in [2.45, 2.75) is 25.9 Å². The lowest BCUT2D eigenvalue weighted by molar-refractivity contribution is 0.200. The monoisotopic (exact) mass is 275 g/mol. The number of rotatable bonds is 7. The van der Waals surface area contributed by atoms with E-state index in [4.69, 9.17) is 5.73 Å². The highest BCUT2D eigenvalue weighted by Gasteiger charge is 2.17. The molecule has 1 heterocycles. The summed E-state index contributed by atoms with van der Waals surface area (Å²) < 4.78 is 0. The van der Waals surface area contributed by atoms with E-state index in [1.165, 1.54) is 10.6 Å². The van der Waals surface area contributed by atoms with Gasteiger partial charge in [-0.3, -0.25) is 4.90 Å². The molecule has 0 radical (unpaired) electrons. The summed E-state index contributed by atoms with van der Waals surface area (Å²) in [7, 11) is 0. The third-order valence-electron chi connectivity index (χ3n) is 3.23. The van der Waals surface area contributed by atoms with Crippen molar-refractivity contribution in [3.05, 3.63) is 52.5 Å². The van der Waals surface area contributed by atoms with Gasteiger partial charge in [-0.25, -0.2) is 4.98 Å². The van der Waals surface area contributed by atoms with E-state index >= 15 is 0 Å². The summed E-state index contributed by atoms with van der Waals surface area (Å²) >= 11 is 1.72. The fourth-order valence-corrected chi connectivity index (χ4v) is 2.85. The van der Waals surface area contributed by atoms with Gasteiger partial charge in [0.15, 0.2) is 0 Å². The molecule has 2 N–H and O–H groups in total. The minimum absolute atomic E-state index is 0.340. The molecule has 1 unspecified atom stereocenters. The largest absolute Gasteiger partial charge is 0.330 e. The van der Waals surface area contributed by atoms with Gasteiger partial charge in [-0.2, -0.15) is 0 Å². The Balaban J connectivity index is 2.07. The van der Waals surface area contributed by atoms with Crippen molar-refractivity contribution in [3.8, 4) is 0 Å². The van der Waals surface area contributed by atoms with Gasteiger partial charge in [0.1, 0.15) is 5.01 Å². The SMILES string of the molecule is CC(c1nccs1)N(CCCN)Cc1ccccc1. The van der Waals surface area contributed by atoms with Crippen LogP contribution in [0.2, 0.25) is 0 Å². The Morgan fingerprint density at radius 3 is 2.74 bits per heavy atom. The van der Waals surface area contributed by atoms with Gasteiger partial charge in [0.2, 0.25) is 0 Å². The van der Waals surface area contributed by atoms with Crippen LogP contribution in [0.3, 0.4) is 0 Å². The highest BCUT2D eigenvalue weighted by molar-refractivity contribution is 7.09. The van der Waals surface area contributed by atoms with Gasteiger partial charge in [0.25, 0.3) is 0 Å². The Hall–Kier alpha value is -1.23. The molecule has 102 valence electrons. The Kier molecular flexibility index (Phi) is 5.51. The number of hydrogen-bond acceptors (Lipinski definition) is 4. The van der Waals surface area contributed by atoms with Crippen LogP contribution in [-0.4, -0.2) is 23.0 Å². The van der Waals surface area contributed by atoms with Crippen molar-refractivity contribution in [3.63, 3.8) is 0 Å². The van der Waals surface area contributed by atoms with Gasteiger partial charge >= 0.3 is 0 Å². The number of hydrogen-bond donors (Lipinski definition) is 1. The van der Waals surface area contributed by atoms with Crippen LogP contribution in [0.15, 0.2) is 41.9 Å². The lowest BCUT2D eigenvalue weighted by Crippen LogP contribution is -2.29.